The van der Waals surface area contributed by atoms with Gasteiger partial charge in [0, 0.05) is 10.0 Å². The van der Waals surface area contributed by atoms with Crippen molar-refractivity contribution in [1.82, 2.24) is 3.96 Å². The van der Waals surface area contributed by atoms with Crippen LogP contribution in [0.5, 0.6) is 0 Å². The van der Waals surface area contributed by atoms with E-state index >= 15 is 0 Å². The molecule has 3 aromatic rings. The van der Waals surface area contributed by atoms with Gasteiger partial charge in [-0.25, -0.2) is 3.96 Å². The Morgan fingerprint density at radius 2 is 1.89 bits per heavy atom. The van der Waals surface area contributed by atoms with Crippen LogP contribution >= 0.6 is 27.5 Å². The van der Waals surface area contributed by atoms with Gasteiger partial charge in [-0.3, -0.25) is 9.59 Å². The summed E-state index contributed by atoms with van der Waals surface area (Å²) in [4.78, 5) is 24.3. The van der Waals surface area contributed by atoms with Crippen LogP contribution in [0.3, 0.4) is 0 Å². The molecule has 19 heavy (non-hydrogen) atoms. The van der Waals surface area contributed by atoms with Crippen LogP contribution in [0.4, 0.5) is 0 Å². The standard InChI is InChI=1S/C14H8BrNO2S/c15-10-5-3-4-9(8-10)13(17)16-12-7-2-1-6-11(12)14(18)19-16/h1-8H. The van der Waals surface area contributed by atoms with E-state index in [-0.39, 0.29) is 10.6 Å². The minimum absolute atomic E-state index is 0.0982. The molecule has 1 aromatic heterocycles. The monoisotopic (exact) mass is 333 g/mol. The molecule has 0 N–H and O–H groups in total. The predicted molar refractivity (Wildman–Crippen MR) is 80.0 cm³/mol. The highest BCUT2D eigenvalue weighted by Crippen LogP contribution is 2.18. The Bertz CT molecular complexity index is 835. The molecule has 0 saturated carbocycles. The number of hydrogen-bond donors (Lipinski definition) is 0. The van der Waals surface area contributed by atoms with E-state index in [1.807, 2.05) is 12.1 Å². The van der Waals surface area contributed by atoms with Gasteiger partial charge in [0.2, 0.25) is 0 Å². The van der Waals surface area contributed by atoms with Crippen LogP contribution < -0.4 is 4.74 Å². The van der Waals surface area contributed by atoms with Gasteiger partial charge in [0.05, 0.1) is 10.9 Å². The van der Waals surface area contributed by atoms with E-state index < -0.39 is 0 Å². The molecule has 0 radical (unpaired) electrons. The number of rotatable bonds is 1. The number of halogens is 1. The number of para-hydroxylation sites is 1. The summed E-state index contributed by atoms with van der Waals surface area (Å²) >= 11 is 4.27. The van der Waals surface area contributed by atoms with Crippen LogP contribution in [-0.2, 0) is 0 Å². The molecule has 0 amide bonds. The number of carbonyl (C=O) groups excluding carboxylic acids is 1. The number of hydrogen-bond acceptors (Lipinski definition) is 3. The van der Waals surface area contributed by atoms with Crippen molar-refractivity contribution < 1.29 is 4.79 Å². The number of benzene rings is 2. The lowest BCUT2D eigenvalue weighted by Crippen LogP contribution is -2.09. The molecule has 0 fully saturated rings. The van der Waals surface area contributed by atoms with Gasteiger partial charge < -0.3 is 0 Å². The molecule has 0 bridgehead atoms. The number of aromatic nitrogens is 1. The zero-order valence-corrected chi connectivity index (χ0v) is 12.1. The zero-order chi connectivity index (χ0) is 13.4. The quantitative estimate of drug-likeness (QED) is 0.683. The minimum atomic E-state index is -0.190. The third kappa shape index (κ3) is 2.15. The fraction of sp³-hybridized carbons (Fsp3) is 0. The van der Waals surface area contributed by atoms with E-state index in [0.717, 1.165) is 16.0 Å². The van der Waals surface area contributed by atoms with Gasteiger partial charge in [0.15, 0.2) is 0 Å². The van der Waals surface area contributed by atoms with E-state index in [1.54, 1.807) is 36.4 Å². The normalized spacial score (nSPS) is 10.8. The van der Waals surface area contributed by atoms with Crippen LogP contribution in [-0.4, -0.2) is 9.86 Å². The second kappa shape index (κ2) is 4.75. The zero-order valence-electron chi connectivity index (χ0n) is 9.67. The topological polar surface area (TPSA) is 39.1 Å². The summed E-state index contributed by atoms with van der Waals surface area (Å²) in [6.45, 7) is 0. The van der Waals surface area contributed by atoms with Crippen molar-refractivity contribution in [3.8, 4) is 0 Å². The van der Waals surface area contributed by atoms with Crippen molar-refractivity contribution in [2.45, 2.75) is 0 Å². The number of fused-ring (bicyclic) bond motifs is 1. The Labute approximate surface area is 121 Å². The molecule has 3 nitrogen and oxygen atoms in total. The Kier molecular flexibility index (Phi) is 3.08. The van der Waals surface area contributed by atoms with E-state index in [1.165, 1.54) is 3.96 Å². The van der Waals surface area contributed by atoms with Crippen molar-refractivity contribution in [1.29, 1.82) is 0 Å². The molecular weight excluding hydrogens is 326 g/mol. The molecule has 94 valence electrons. The lowest BCUT2D eigenvalue weighted by molar-refractivity contribution is 0.0975. The maximum atomic E-state index is 12.4. The summed E-state index contributed by atoms with van der Waals surface area (Å²) in [6, 6.07) is 14.3. The Balaban J connectivity index is 2.20. The number of nitrogens with zero attached hydrogens (tertiary/aromatic N) is 1. The van der Waals surface area contributed by atoms with Crippen LogP contribution in [0, 0.1) is 0 Å². The first-order chi connectivity index (χ1) is 9.16. The van der Waals surface area contributed by atoms with E-state index in [0.29, 0.717) is 16.5 Å². The van der Waals surface area contributed by atoms with Crippen molar-refractivity contribution in [3.63, 3.8) is 0 Å². The van der Waals surface area contributed by atoms with Crippen LogP contribution in [0.2, 0.25) is 0 Å². The fourth-order valence-corrected chi connectivity index (χ4v) is 3.18. The van der Waals surface area contributed by atoms with Gasteiger partial charge in [-0.2, -0.15) is 0 Å². The third-order valence-corrected chi connectivity index (χ3v) is 4.20. The van der Waals surface area contributed by atoms with Crippen LogP contribution in [0.15, 0.2) is 57.8 Å². The molecule has 0 aliphatic rings. The maximum Gasteiger partial charge on any atom is 0.271 e. The van der Waals surface area contributed by atoms with Crippen molar-refractivity contribution in [2.24, 2.45) is 0 Å². The summed E-state index contributed by atoms with van der Waals surface area (Å²) in [5.41, 5.74) is 1.20. The van der Waals surface area contributed by atoms with Gasteiger partial charge >= 0.3 is 0 Å². The lowest BCUT2D eigenvalue weighted by atomic mass is 10.2. The molecule has 0 spiro atoms. The molecule has 0 saturated heterocycles. The van der Waals surface area contributed by atoms with Crippen molar-refractivity contribution in [2.75, 3.05) is 0 Å². The minimum Gasteiger partial charge on any atom is -0.276 e. The van der Waals surface area contributed by atoms with Crippen molar-refractivity contribution >= 4 is 44.3 Å². The van der Waals surface area contributed by atoms with E-state index in [4.69, 9.17) is 0 Å². The Morgan fingerprint density at radius 3 is 2.68 bits per heavy atom. The molecule has 1 heterocycles. The Hall–Kier alpha value is -1.72. The highest BCUT2D eigenvalue weighted by molar-refractivity contribution is 9.10. The van der Waals surface area contributed by atoms with Gasteiger partial charge in [-0.1, -0.05) is 34.1 Å². The average Bonchev–Trinajstić information content (AvgIpc) is 2.76. The largest absolute Gasteiger partial charge is 0.276 e. The van der Waals surface area contributed by atoms with Gasteiger partial charge in [0.25, 0.3) is 10.6 Å². The summed E-state index contributed by atoms with van der Waals surface area (Å²) in [5.74, 6) is -0.190. The van der Waals surface area contributed by atoms with Crippen LogP contribution in [0.1, 0.15) is 10.4 Å². The first kappa shape index (κ1) is 12.3. The van der Waals surface area contributed by atoms with Gasteiger partial charge in [0.1, 0.15) is 0 Å². The van der Waals surface area contributed by atoms with Crippen LogP contribution in [0.25, 0.3) is 10.9 Å². The summed E-state index contributed by atoms with van der Waals surface area (Å²) in [5, 5.41) is 0.579. The first-order valence-electron chi connectivity index (χ1n) is 5.58. The lowest BCUT2D eigenvalue weighted by Gasteiger charge is -2.02. The molecule has 5 heteroatoms. The summed E-state index contributed by atoms with van der Waals surface area (Å²) in [7, 11) is 0. The average molecular weight is 334 g/mol. The molecule has 3 rings (SSSR count). The van der Waals surface area contributed by atoms with Gasteiger partial charge in [-0.05, 0) is 41.9 Å². The number of carbonyl (C=O) groups is 1. The Morgan fingerprint density at radius 1 is 1.11 bits per heavy atom. The fourth-order valence-electron chi connectivity index (χ4n) is 1.89. The highest BCUT2D eigenvalue weighted by Gasteiger charge is 2.14. The van der Waals surface area contributed by atoms with E-state index in [2.05, 4.69) is 15.9 Å². The SMILES string of the molecule is O=C(c1cccc(Br)c1)n1sc(=O)c2ccccc21. The molecule has 2 aromatic carbocycles. The third-order valence-electron chi connectivity index (χ3n) is 2.77. The predicted octanol–water partition coefficient (Wildman–Crippen LogP) is 3.51. The maximum absolute atomic E-state index is 12.4. The van der Waals surface area contributed by atoms with E-state index in [9.17, 15) is 9.59 Å². The molecular formula is C14H8BrNO2S. The highest BCUT2D eigenvalue weighted by atomic mass is 79.9. The molecule has 0 aliphatic heterocycles. The first-order valence-corrected chi connectivity index (χ1v) is 7.15. The summed E-state index contributed by atoms with van der Waals surface area (Å²) in [6.07, 6.45) is 0. The molecule has 0 unspecified atom stereocenters. The molecule has 0 aliphatic carbocycles. The van der Waals surface area contributed by atoms with Gasteiger partial charge in [-0.15, -0.1) is 0 Å². The second-order valence-corrected chi connectivity index (χ2v) is 5.84. The smallest absolute Gasteiger partial charge is 0.271 e. The summed E-state index contributed by atoms with van der Waals surface area (Å²) < 4.78 is 2.18. The second-order valence-electron chi connectivity index (χ2n) is 4.01. The molecule has 0 atom stereocenters. The van der Waals surface area contributed by atoms with Crippen molar-refractivity contribution in [3.05, 3.63) is 68.1 Å².